The van der Waals surface area contributed by atoms with Crippen molar-refractivity contribution in [3.05, 3.63) is 59.2 Å². The Morgan fingerprint density at radius 1 is 1.11 bits per heavy atom. The van der Waals surface area contributed by atoms with Gasteiger partial charge in [-0.1, -0.05) is 35.9 Å². The minimum absolute atomic E-state index is 0.0425. The van der Waals surface area contributed by atoms with Gasteiger partial charge in [-0.2, -0.15) is 0 Å². The molecule has 0 aliphatic carbocycles. The largest absolute Gasteiger partial charge is 0.308 e. The van der Waals surface area contributed by atoms with E-state index in [1.807, 2.05) is 30.3 Å². The van der Waals surface area contributed by atoms with Gasteiger partial charge in [0.1, 0.15) is 0 Å². The van der Waals surface area contributed by atoms with E-state index in [4.69, 9.17) is 0 Å². The van der Waals surface area contributed by atoms with E-state index >= 15 is 0 Å². The Kier molecular flexibility index (Phi) is 5.96. The molecule has 3 rings (SSSR count). The van der Waals surface area contributed by atoms with E-state index in [0.29, 0.717) is 6.42 Å². The van der Waals surface area contributed by atoms with E-state index in [-0.39, 0.29) is 29.2 Å². The molecule has 1 heterocycles. The first-order chi connectivity index (χ1) is 12.8. The molecule has 6 heteroatoms. The molecule has 0 saturated carbocycles. The van der Waals surface area contributed by atoms with Crippen LogP contribution in [0, 0.1) is 20.8 Å². The molecule has 1 aliphatic heterocycles. The molecular weight excluding hydrogens is 378 g/mol. The number of rotatable bonds is 5. The highest BCUT2D eigenvalue weighted by molar-refractivity contribution is 8.00. The molecule has 0 spiro atoms. The molecule has 27 heavy (non-hydrogen) atoms. The summed E-state index contributed by atoms with van der Waals surface area (Å²) in [6.07, 6.45) is 0.496. The third kappa shape index (κ3) is 4.74. The van der Waals surface area contributed by atoms with E-state index in [9.17, 15) is 13.2 Å². The van der Waals surface area contributed by atoms with Crippen molar-refractivity contribution in [2.75, 3.05) is 22.2 Å². The van der Waals surface area contributed by atoms with Crippen molar-refractivity contribution in [3.63, 3.8) is 0 Å². The van der Waals surface area contributed by atoms with Crippen LogP contribution >= 0.6 is 11.8 Å². The number of carbonyl (C=O) groups is 1. The summed E-state index contributed by atoms with van der Waals surface area (Å²) < 4.78 is 23.9. The van der Waals surface area contributed by atoms with Crippen LogP contribution in [0.15, 0.2) is 47.4 Å². The Bertz CT molecular complexity index is 916. The number of carbonyl (C=O) groups excluding carboxylic acids is 1. The van der Waals surface area contributed by atoms with Crippen LogP contribution in [0.2, 0.25) is 0 Å². The molecule has 0 N–H and O–H groups in total. The van der Waals surface area contributed by atoms with Gasteiger partial charge < -0.3 is 4.90 Å². The maximum Gasteiger partial charge on any atom is 0.237 e. The van der Waals surface area contributed by atoms with Crippen LogP contribution < -0.4 is 4.90 Å². The topological polar surface area (TPSA) is 54.5 Å². The molecule has 1 atom stereocenters. The van der Waals surface area contributed by atoms with Gasteiger partial charge in [0, 0.05) is 10.6 Å². The maximum atomic E-state index is 13.1. The Labute approximate surface area is 165 Å². The Morgan fingerprint density at radius 2 is 1.74 bits per heavy atom. The number of hydrogen-bond acceptors (Lipinski definition) is 4. The summed E-state index contributed by atoms with van der Waals surface area (Å²) in [5.74, 6) is 0.432. The highest BCUT2D eigenvalue weighted by atomic mass is 32.2. The lowest BCUT2D eigenvalue weighted by atomic mass is 10.1. The van der Waals surface area contributed by atoms with Crippen molar-refractivity contribution in [1.29, 1.82) is 0 Å². The molecule has 0 bridgehead atoms. The zero-order valence-corrected chi connectivity index (χ0v) is 17.6. The average molecular weight is 404 g/mol. The minimum atomic E-state index is -3.07. The summed E-state index contributed by atoms with van der Waals surface area (Å²) in [6, 6.07) is 13.3. The fourth-order valence-corrected chi connectivity index (χ4v) is 6.40. The van der Waals surface area contributed by atoms with Gasteiger partial charge in [-0.05, 0) is 50.5 Å². The van der Waals surface area contributed by atoms with Crippen molar-refractivity contribution in [3.8, 4) is 0 Å². The van der Waals surface area contributed by atoms with Gasteiger partial charge in [-0.25, -0.2) is 8.42 Å². The van der Waals surface area contributed by atoms with Gasteiger partial charge >= 0.3 is 0 Å². The number of amides is 1. The number of aryl methyl sites for hydroxylation is 3. The molecule has 1 fully saturated rings. The highest BCUT2D eigenvalue weighted by Gasteiger charge is 2.35. The first-order valence-electron chi connectivity index (χ1n) is 9.05. The summed E-state index contributed by atoms with van der Waals surface area (Å²) in [5.41, 5.74) is 4.31. The van der Waals surface area contributed by atoms with Crippen molar-refractivity contribution in [1.82, 2.24) is 0 Å². The third-order valence-electron chi connectivity index (χ3n) is 4.82. The summed E-state index contributed by atoms with van der Waals surface area (Å²) in [6.45, 7) is 6.19. The van der Waals surface area contributed by atoms with E-state index in [1.165, 1.54) is 28.5 Å². The van der Waals surface area contributed by atoms with Crippen LogP contribution in [0.5, 0.6) is 0 Å². The lowest BCUT2D eigenvalue weighted by molar-refractivity contribution is -0.116. The van der Waals surface area contributed by atoms with Crippen LogP contribution in [-0.4, -0.2) is 37.6 Å². The number of benzene rings is 2. The van der Waals surface area contributed by atoms with Crippen LogP contribution in [0.1, 0.15) is 23.1 Å². The van der Waals surface area contributed by atoms with Gasteiger partial charge in [0.15, 0.2) is 9.84 Å². The fourth-order valence-electron chi connectivity index (χ4n) is 3.72. The zero-order chi connectivity index (χ0) is 19.6. The average Bonchev–Trinajstić information content (AvgIpc) is 2.94. The van der Waals surface area contributed by atoms with Gasteiger partial charge in [0.2, 0.25) is 5.91 Å². The molecule has 0 aromatic heterocycles. The van der Waals surface area contributed by atoms with Crippen molar-refractivity contribution < 1.29 is 13.2 Å². The molecule has 1 amide bonds. The number of nitrogens with zero attached hydrogens (tertiary/aromatic N) is 1. The first kappa shape index (κ1) is 20.0. The van der Waals surface area contributed by atoms with Crippen molar-refractivity contribution in [2.45, 2.75) is 38.1 Å². The Morgan fingerprint density at radius 3 is 2.30 bits per heavy atom. The standard InChI is InChI=1S/C21H25NO3S2/c1-15-11-16(2)21(17(3)12-15)26-13-20(23)22(18-7-5-4-6-8-18)19-9-10-27(24,25)14-19/h4-8,11-12,19H,9-10,13-14H2,1-3H3/t19-/m0/s1. The molecule has 4 nitrogen and oxygen atoms in total. The van der Waals surface area contributed by atoms with Crippen LogP contribution in [0.4, 0.5) is 5.69 Å². The normalized spacial score (nSPS) is 18.4. The fraction of sp³-hybridized carbons (Fsp3) is 0.381. The Hall–Kier alpha value is -1.79. The van der Waals surface area contributed by atoms with Gasteiger partial charge in [0.25, 0.3) is 0 Å². The number of para-hydroxylation sites is 1. The number of thioether (sulfide) groups is 1. The van der Waals surface area contributed by atoms with Crippen LogP contribution in [-0.2, 0) is 14.6 Å². The summed E-state index contributed by atoms with van der Waals surface area (Å²) in [7, 11) is -3.07. The van der Waals surface area contributed by atoms with Crippen LogP contribution in [0.3, 0.4) is 0 Å². The third-order valence-corrected chi connectivity index (χ3v) is 7.90. The highest BCUT2D eigenvalue weighted by Crippen LogP contribution is 2.30. The summed E-state index contributed by atoms with van der Waals surface area (Å²) >= 11 is 1.53. The predicted octanol–water partition coefficient (Wildman–Crippen LogP) is 3.92. The lowest BCUT2D eigenvalue weighted by Gasteiger charge is -2.28. The van der Waals surface area contributed by atoms with Gasteiger partial charge in [-0.3, -0.25) is 4.79 Å². The maximum absolute atomic E-state index is 13.1. The summed E-state index contributed by atoms with van der Waals surface area (Å²) in [5, 5.41) is 0. The van der Waals surface area contributed by atoms with E-state index in [1.54, 1.807) is 4.90 Å². The monoisotopic (exact) mass is 403 g/mol. The molecule has 0 radical (unpaired) electrons. The smallest absolute Gasteiger partial charge is 0.237 e. The Balaban J connectivity index is 1.82. The first-order valence-corrected chi connectivity index (χ1v) is 11.9. The quantitative estimate of drug-likeness (QED) is 0.710. The van der Waals surface area contributed by atoms with Crippen molar-refractivity contribution >= 4 is 33.2 Å². The SMILES string of the molecule is Cc1cc(C)c(SCC(=O)N(c2ccccc2)[C@H]2CCS(=O)(=O)C2)c(C)c1. The molecule has 2 aromatic carbocycles. The molecule has 2 aromatic rings. The summed E-state index contributed by atoms with van der Waals surface area (Å²) in [4.78, 5) is 15.9. The zero-order valence-electron chi connectivity index (χ0n) is 15.9. The molecular formula is C21H25NO3S2. The van der Waals surface area contributed by atoms with Crippen molar-refractivity contribution in [2.24, 2.45) is 0 Å². The van der Waals surface area contributed by atoms with E-state index in [2.05, 4.69) is 32.9 Å². The molecule has 144 valence electrons. The van der Waals surface area contributed by atoms with E-state index in [0.717, 1.165) is 10.6 Å². The predicted molar refractivity (Wildman–Crippen MR) is 112 cm³/mol. The molecule has 1 saturated heterocycles. The number of hydrogen-bond donors (Lipinski definition) is 0. The number of anilines is 1. The second-order valence-electron chi connectivity index (χ2n) is 7.17. The minimum Gasteiger partial charge on any atom is -0.308 e. The van der Waals surface area contributed by atoms with Crippen LogP contribution in [0.25, 0.3) is 0 Å². The second kappa shape index (κ2) is 8.07. The van der Waals surface area contributed by atoms with Gasteiger partial charge in [-0.15, -0.1) is 11.8 Å². The van der Waals surface area contributed by atoms with E-state index < -0.39 is 9.84 Å². The lowest BCUT2D eigenvalue weighted by Crippen LogP contribution is -2.42. The van der Waals surface area contributed by atoms with Gasteiger partial charge in [0.05, 0.1) is 23.3 Å². The molecule has 1 aliphatic rings. The molecule has 0 unspecified atom stereocenters. The number of sulfone groups is 1. The second-order valence-corrected chi connectivity index (χ2v) is 10.4.